The molecule has 28 heavy (non-hydrogen) atoms. The first kappa shape index (κ1) is 19.2. The summed E-state index contributed by atoms with van der Waals surface area (Å²) in [6, 6.07) is 13.0. The van der Waals surface area contributed by atoms with E-state index in [2.05, 4.69) is 17.4 Å². The highest BCUT2D eigenvalue weighted by Gasteiger charge is 2.30. The maximum atomic E-state index is 12.6. The maximum Gasteiger partial charge on any atom is 0.228 e. The average molecular weight is 398 g/mol. The van der Waals surface area contributed by atoms with Crippen molar-refractivity contribution >= 4 is 21.4 Å². The van der Waals surface area contributed by atoms with E-state index in [4.69, 9.17) is 0 Å². The number of carbonyl (C=O) groups is 1. The molecular weight excluding hydrogens is 370 g/mol. The Morgan fingerprint density at radius 1 is 0.893 bits per heavy atom. The van der Waals surface area contributed by atoms with Gasteiger partial charge in [-0.05, 0) is 79.5 Å². The quantitative estimate of drug-likeness (QED) is 0.810. The van der Waals surface area contributed by atoms with Gasteiger partial charge in [-0.1, -0.05) is 31.0 Å². The lowest BCUT2D eigenvalue weighted by molar-refractivity contribution is -0.115. The van der Waals surface area contributed by atoms with Crippen LogP contribution in [0.5, 0.6) is 0 Å². The van der Waals surface area contributed by atoms with Crippen LogP contribution in [-0.2, 0) is 33.9 Å². The fourth-order valence-electron chi connectivity index (χ4n) is 4.41. The summed E-state index contributed by atoms with van der Waals surface area (Å²) < 4.78 is 25.3. The number of aryl methyl sites for hydroxylation is 2. The van der Waals surface area contributed by atoms with Gasteiger partial charge in [0.1, 0.15) is 0 Å². The van der Waals surface area contributed by atoms with E-state index in [0.29, 0.717) is 17.0 Å². The van der Waals surface area contributed by atoms with Crippen molar-refractivity contribution in [1.29, 1.82) is 0 Å². The van der Waals surface area contributed by atoms with Crippen molar-refractivity contribution in [2.24, 2.45) is 0 Å². The molecule has 1 N–H and O–H groups in total. The number of anilines is 1. The second-order valence-electron chi connectivity index (χ2n) is 8.01. The average Bonchev–Trinajstić information content (AvgIpc) is 3.24. The number of hydrogen-bond donors (Lipinski definition) is 1. The summed E-state index contributed by atoms with van der Waals surface area (Å²) in [6.45, 7) is 0. The Morgan fingerprint density at radius 3 is 2.29 bits per heavy atom. The largest absolute Gasteiger partial charge is 0.326 e. The minimum absolute atomic E-state index is 0.0813. The predicted octanol–water partition coefficient (Wildman–Crippen LogP) is 4.46. The summed E-state index contributed by atoms with van der Waals surface area (Å²) in [5.41, 5.74) is 4.44. The highest BCUT2D eigenvalue weighted by molar-refractivity contribution is 7.92. The topological polar surface area (TPSA) is 63.2 Å². The molecule has 0 spiro atoms. The van der Waals surface area contributed by atoms with Crippen LogP contribution in [0.15, 0.2) is 47.4 Å². The molecule has 148 valence electrons. The number of sulfone groups is 1. The Labute approximate surface area is 167 Å². The van der Waals surface area contributed by atoms with Gasteiger partial charge in [0.05, 0.1) is 16.6 Å². The van der Waals surface area contributed by atoms with E-state index < -0.39 is 9.84 Å². The maximum absolute atomic E-state index is 12.6. The third-order valence-electron chi connectivity index (χ3n) is 5.99. The molecule has 2 aliphatic carbocycles. The molecule has 1 saturated carbocycles. The zero-order valence-corrected chi connectivity index (χ0v) is 16.9. The molecule has 0 aromatic heterocycles. The van der Waals surface area contributed by atoms with Gasteiger partial charge >= 0.3 is 0 Å². The SMILES string of the molecule is O=C(Cc1ccc2c(c1)CCCC2)Nc1ccc(S(=O)(=O)C2CCCC2)cc1. The molecule has 0 radical (unpaired) electrons. The van der Waals surface area contributed by atoms with Crippen LogP contribution in [0.1, 0.15) is 55.2 Å². The minimum atomic E-state index is -3.25. The monoisotopic (exact) mass is 397 g/mol. The lowest BCUT2D eigenvalue weighted by Gasteiger charge is -2.16. The number of hydrogen-bond acceptors (Lipinski definition) is 3. The first-order chi connectivity index (χ1) is 13.5. The zero-order valence-electron chi connectivity index (χ0n) is 16.1. The lowest BCUT2D eigenvalue weighted by Crippen LogP contribution is -2.18. The Morgan fingerprint density at radius 2 is 1.57 bits per heavy atom. The van der Waals surface area contributed by atoms with Crippen molar-refractivity contribution in [1.82, 2.24) is 0 Å². The van der Waals surface area contributed by atoms with Crippen LogP contribution in [0.25, 0.3) is 0 Å². The first-order valence-electron chi connectivity index (χ1n) is 10.3. The Bertz CT molecular complexity index is 958. The molecule has 2 aliphatic rings. The lowest BCUT2D eigenvalue weighted by atomic mass is 9.90. The molecule has 0 bridgehead atoms. The van der Waals surface area contributed by atoms with E-state index in [0.717, 1.165) is 44.1 Å². The molecule has 4 nitrogen and oxygen atoms in total. The molecule has 4 rings (SSSR count). The number of fused-ring (bicyclic) bond motifs is 1. The van der Waals surface area contributed by atoms with Gasteiger partial charge < -0.3 is 5.32 Å². The van der Waals surface area contributed by atoms with Crippen molar-refractivity contribution in [3.05, 3.63) is 59.2 Å². The van der Waals surface area contributed by atoms with E-state index in [1.165, 1.54) is 24.0 Å². The highest BCUT2D eigenvalue weighted by atomic mass is 32.2. The van der Waals surface area contributed by atoms with Crippen molar-refractivity contribution in [3.63, 3.8) is 0 Å². The van der Waals surface area contributed by atoms with E-state index >= 15 is 0 Å². The Kier molecular flexibility index (Phi) is 5.54. The zero-order chi connectivity index (χ0) is 19.6. The normalized spacial score (nSPS) is 17.3. The summed E-state index contributed by atoms with van der Waals surface area (Å²) in [4.78, 5) is 12.8. The molecular formula is C23H27NO3S. The van der Waals surface area contributed by atoms with E-state index in [9.17, 15) is 13.2 Å². The summed E-state index contributed by atoms with van der Waals surface area (Å²) in [5, 5.41) is 2.63. The van der Waals surface area contributed by atoms with Crippen LogP contribution in [0.3, 0.4) is 0 Å². The molecule has 0 heterocycles. The fourth-order valence-corrected chi connectivity index (χ4v) is 6.26. The van der Waals surface area contributed by atoms with E-state index in [-0.39, 0.29) is 11.2 Å². The molecule has 5 heteroatoms. The molecule has 1 amide bonds. The summed E-state index contributed by atoms with van der Waals surface area (Å²) in [5.74, 6) is -0.0813. The van der Waals surface area contributed by atoms with Gasteiger partial charge in [0, 0.05) is 5.69 Å². The van der Waals surface area contributed by atoms with Gasteiger partial charge in [-0.2, -0.15) is 0 Å². The summed E-state index contributed by atoms with van der Waals surface area (Å²) in [7, 11) is -3.25. The van der Waals surface area contributed by atoms with Gasteiger partial charge in [-0.25, -0.2) is 8.42 Å². The molecule has 0 atom stereocenters. The third kappa shape index (κ3) is 4.14. The number of rotatable bonds is 5. The van der Waals surface area contributed by atoms with Crippen LogP contribution in [0.4, 0.5) is 5.69 Å². The number of nitrogens with one attached hydrogen (secondary N) is 1. The van der Waals surface area contributed by atoms with Crippen molar-refractivity contribution < 1.29 is 13.2 Å². The number of amides is 1. The van der Waals surface area contributed by atoms with E-state index in [1.54, 1.807) is 24.3 Å². The summed E-state index contributed by atoms with van der Waals surface area (Å²) >= 11 is 0. The molecule has 2 aromatic rings. The smallest absolute Gasteiger partial charge is 0.228 e. The Hall–Kier alpha value is -2.14. The third-order valence-corrected chi connectivity index (χ3v) is 8.26. The predicted molar refractivity (Wildman–Crippen MR) is 111 cm³/mol. The molecule has 1 fully saturated rings. The van der Waals surface area contributed by atoms with E-state index in [1.807, 2.05) is 6.07 Å². The fraction of sp³-hybridized carbons (Fsp3) is 0.435. The second-order valence-corrected chi connectivity index (χ2v) is 10.2. The van der Waals surface area contributed by atoms with Crippen molar-refractivity contribution in [2.45, 2.75) is 67.9 Å². The molecule has 0 saturated heterocycles. The van der Waals surface area contributed by atoms with Gasteiger partial charge in [-0.15, -0.1) is 0 Å². The van der Waals surface area contributed by atoms with Crippen LogP contribution < -0.4 is 5.32 Å². The number of benzene rings is 2. The van der Waals surface area contributed by atoms with Crippen LogP contribution in [-0.4, -0.2) is 19.6 Å². The molecule has 0 aliphatic heterocycles. The highest BCUT2D eigenvalue weighted by Crippen LogP contribution is 2.30. The van der Waals surface area contributed by atoms with Crippen LogP contribution in [0.2, 0.25) is 0 Å². The van der Waals surface area contributed by atoms with Crippen LogP contribution in [0, 0.1) is 0 Å². The summed E-state index contributed by atoms with van der Waals surface area (Å²) in [6.07, 6.45) is 8.51. The number of carbonyl (C=O) groups excluding carboxylic acids is 1. The standard InChI is InChI=1S/C23H27NO3S/c25-23(16-17-9-10-18-5-1-2-6-19(18)15-17)24-20-11-13-22(14-12-20)28(26,27)21-7-3-4-8-21/h9-15,21H,1-8,16H2,(H,24,25). The second kappa shape index (κ2) is 8.08. The van der Waals surface area contributed by atoms with Gasteiger partial charge in [0.15, 0.2) is 9.84 Å². The Balaban J connectivity index is 1.39. The van der Waals surface area contributed by atoms with Crippen LogP contribution >= 0.6 is 0 Å². The molecule has 2 aromatic carbocycles. The first-order valence-corrected chi connectivity index (χ1v) is 11.8. The van der Waals surface area contributed by atoms with Gasteiger partial charge in [0.2, 0.25) is 5.91 Å². The van der Waals surface area contributed by atoms with Crippen molar-refractivity contribution in [2.75, 3.05) is 5.32 Å². The molecule has 0 unspecified atom stereocenters. The minimum Gasteiger partial charge on any atom is -0.326 e. The van der Waals surface area contributed by atoms with Gasteiger partial charge in [-0.3, -0.25) is 4.79 Å². The van der Waals surface area contributed by atoms with Crippen molar-refractivity contribution in [3.8, 4) is 0 Å². The van der Waals surface area contributed by atoms with Gasteiger partial charge in [0.25, 0.3) is 0 Å².